The zero-order valence-corrected chi connectivity index (χ0v) is 18.5. The summed E-state index contributed by atoms with van der Waals surface area (Å²) in [6, 6.07) is 10.1. The number of fused-ring (bicyclic) bond motifs is 1. The van der Waals surface area contributed by atoms with Crippen molar-refractivity contribution in [2.45, 2.75) is 39.3 Å². The van der Waals surface area contributed by atoms with Gasteiger partial charge in [-0.1, -0.05) is 31.5 Å². The molecule has 0 aliphatic rings. The summed E-state index contributed by atoms with van der Waals surface area (Å²) in [5, 5.41) is 7.37. The number of rotatable bonds is 8. The van der Waals surface area contributed by atoms with Crippen LogP contribution in [0.5, 0.6) is 0 Å². The number of aromatic amines is 2. The summed E-state index contributed by atoms with van der Waals surface area (Å²) in [6.45, 7) is 2.16. The minimum Gasteiger partial charge on any atom is -0.467 e. The average Bonchev–Trinajstić information content (AvgIpc) is 3.33. The molecular weight excluding hydrogens is 440 g/mol. The van der Waals surface area contributed by atoms with Gasteiger partial charge in [0.2, 0.25) is 5.91 Å². The monoisotopic (exact) mass is 464 g/mol. The Morgan fingerprint density at radius 3 is 2.59 bits per heavy atom. The van der Waals surface area contributed by atoms with E-state index >= 15 is 0 Å². The second kappa shape index (κ2) is 9.61. The zero-order chi connectivity index (χ0) is 24.2. The van der Waals surface area contributed by atoms with Gasteiger partial charge in [0.1, 0.15) is 11.6 Å². The molecule has 4 N–H and O–H groups in total. The number of nitrogens with two attached hydrogens (primary N) is 1. The highest BCUT2D eigenvalue weighted by Gasteiger charge is 2.26. The lowest BCUT2D eigenvalue weighted by Gasteiger charge is -2.24. The fourth-order valence-electron chi connectivity index (χ4n) is 3.77. The van der Waals surface area contributed by atoms with E-state index in [1.54, 1.807) is 36.4 Å². The Hall–Kier alpha value is -4.41. The van der Waals surface area contributed by atoms with Gasteiger partial charge in [-0.05, 0) is 24.6 Å². The second-order valence-electron chi connectivity index (χ2n) is 7.78. The first-order chi connectivity index (χ1) is 16.4. The molecular formula is C23H24N6O5. The van der Waals surface area contributed by atoms with Crippen molar-refractivity contribution in [2.24, 2.45) is 0 Å². The van der Waals surface area contributed by atoms with E-state index in [0.29, 0.717) is 35.2 Å². The SMILES string of the molecule is CCCCn1c(N)c(N(Cc2ccco2)C(=O)Cc2n[nH]c(=O)c3ccccc23)c(=O)[nH]c1=O. The van der Waals surface area contributed by atoms with E-state index in [-0.39, 0.29) is 30.0 Å². The number of nitrogens with zero attached hydrogens (tertiary/aromatic N) is 3. The zero-order valence-electron chi connectivity index (χ0n) is 18.5. The fraction of sp³-hybridized carbons (Fsp3) is 0.261. The minimum absolute atomic E-state index is 0.0909. The number of furan rings is 1. The third-order valence-electron chi connectivity index (χ3n) is 5.51. The maximum absolute atomic E-state index is 13.5. The van der Waals surface area contributed by atoms with Crippen LogP contribution in [0.3, 0.4) is 0 Å². The van der Waals surface area contributed by atoms with E-state index in [1.165, 1.54) is 15.7 Å². The molecule has 0 spiro atoms. The molecule has 0 radical (unpaired) electrons. The van der Waals surface area contributed by atoms with E-state index in [0.717, 1.165) is 6.42 Å². The summed E-state index contributed by atoms with van der Waals surface area (Å²) in [5.41, 5.74) is 4.64. The molecule has 3 heterocycles. The van der Waals surface area contributed by atoms with Crippen LogP contribution in [-0.4, -0.2) is 25.7 Å². The molecule has 0 saturated carbocycles. The van der Waals surface area contributed by atoms with Crippen LogP contribution >= 0.6 is 0 Å². The molecule has 4 rings (SSSR count). The van der Waals surface area contributed by atoms with Crippen molar-refractivity contribution >= 4 is 28.2 Å². The molecule has 11 heteroatoms. The largest absolute Gasteiger partial charge is 0.467 e. The van der Waals surface area contributed by atoms with Crippen LogP contribution in [0.4, 0.5) is 11.5 Å². The van der Waals surface area contributed by atoms with Crippen molar-refractivity contribution in [3.05, 3.63) is 85.3 Å². The number of amides is 1. The van der Waals surface area contributed by atoms with Crippen molar-refractivity contribution < 1.29 is 9.21 Å². The maximum Gasteiger partial charge on any atom is 0.330 e. The summed E-state index contributed by atoms with van der Waals surface area (Å²) >= 11 is 0. The third-order valence-corrected chi connectivity index (χ3v) is 5.51. The Labute approximate surface area is 192 Å². The van der Waals surface area contributed by atoms with Gasteiger partial charge >= 0.3 is 5.69 Å². The Morgan fingerprint density at radius 2 is 1.88 bits per heavy atom. The topological polar surface area (TPSA) is 160 Å². The first-order valence-corrected chi connectivity index (χ1v) is 10.8. The summed E-state index contributed by atoms with van der Waals surface area (Å²) in [6.07, 6.45) is 2.69. The highest BCUT2D eigenvalue weighted by Crippen LogP contribution is 2.22. The number of H-pyrrole nitrogens is 2. The molecule has 3 aromatic heterocycles. The van der Waals surface area contributed by atoms with Crippen LogP contribution in [0, 0.1) is 0 Å². The Bertz CT molecular complexity index is 1500. The Balaban J connectivity index is 1.80. The molecule has 0 bridgehead atoms. The number of anilines is 2. The number of hydrogen-bond acceptors (Lipinski definition) is 7. The van der Waals surface area contributed by atoms with Gasteiger partial charge in [-0.25, -0.2) is 9.89 Å². The summed E-state index contributed by atoms with van der Waals surface area (Å²) in [5.74, 6) is -0.210. The van der Waals surface area contributed by atoms with E-state index in [9.17, 15) is 19.2 Å². The molecule has 0 atom stereocenters. The van der Waals surface area contributed by atoms with Crippen LogP contribution in [0.25, 0.3) is 10.8 Å². The average molecular weight is 464 g/mol. The van der Waals surface area contributed by atoms with Crippen LogP contribution in [0.1, 0.15) is 31.2 Å². The smallest absolute Gasteiger partial charge is 0.330 e. The first-order valence-electron chi connectivity index (χ1n) is 10.8. The number of carbonyl (C=O) groups is 1. The van der Waals surface area contributed by atoms with Crippen molar-refractivity contribution in [1.29, 1.82) is 0 Å². The molecule has 0 saturated heterocycles. The van der Waals surface area contributed by atoms with Gasteiger partial charge in [-0.2, -0.15) is 5.10 Å². The van der Waals surface area contributed by atoms with Crippen molar-refractivity contribution in [1.82, 2.24) is 19.7 Å². The summed E-state index contributed by atoms with van der Waals surface area (Å²) in [7, 11) is 0. The van der Waals surface area contributed by atoms with Gasteiger partial charge < -0.3 is 10.2 Å². The third kappa shape index (κ3) is 4.40. The molecule has 0 unspecified atom stereocenters. The number of benzene rings is 1. The lowest BCUT2D eigenvalue weighted by atomic mass is 10.1. The Kier molecular flexibility index (Phi) is 6.44. The van der Waals surface area contributed by atoms with Crippen molar-refractivity contribution in [2.75, 3.05) is 10.6 Å². The summed E-state index contributed by atoms with van der Waals surface area (Å²) < 4.78 is 6.64. The molecule has 1 aromatic carbocycles. The Morgan fingerprint density at radius 1 is 1.12 bits per heavy atom. The number of carbonyl (C=O) groups excluding carboxylic acids is 1. The van der Waals surface area contributed by atoms with Gasteiger partial charge in [-0.15, -0.1) is 0 Å². The van der Waals surface area contributed by atoms with E-state index in [1.807, 2.05) is 6.92 Å². The van der Waals surface area contributed by atoms with Crippen molar-refractivity contribution in [3.63, 3.8) is 0 Å². The first kappa shape index (κ1) is 22.8. The highest BCUT2D eigenvalue weighted by atomic mass is 16.3. The van der Waals surface area contributed by atoms with E-state index in [4.69, 9.17) is 10.2 Å². The molecule has 34 heavy (non-hydrogen) atoms. The molecule has 0 fully saturated rings. The van der Waals surface area contributed by atoms with Crippen LogP contribution in [-0.2, 0) is 24.3 Å². The molecule has 11 nitrogen and oxygen atoms in total. The maximum atomic E-state index is 13.5. The second-order valence-corrected chi connectivity index (χ2v) is 7.78. The molecule has 1 amide bonds. The number of unbranched alkanes of at least 4 members (excludes halogenated alkanes) is 1. The molecule has 0 aliphatic carbocycles. The lowest BCUT2D eigenvalue weighted by Crippen LogP contribution is -2.41. The normalized spacial score (nSPS) is 11.1. The van der Waals surface area contributed by atoms with Gasteiger partial charge in [0, 0.05) is 11.9 Å². The van der Waals surface area contributed by atoms with Gasteiger partial charge in [0.15, 0.2) is 5.69 Å². The highest BCUT2D eigenvalue weighted by molar-refractivity contribution is 5.98. The van der Waals surface area contributed by atoms with E-state index < -0.39 is 17.2 Å². The lowest BCUT2D eigenvalue weighted by molar-refractivity contribution is -0.118. The van der Waals surface area contributed by atoms with Crippen LogP contribution in [0.15, 0.2) is 61.5 Å². The number of nitrogens with one attached hydrogen (secondary N) is 2. The molecule has 176 valence electrons. The predicted octanol–water partition coefficient (Wildman–Crippen LogP) is 1.52. The summed E-state index contributed by atoms with van der Waals surface area (Å²) in [4.78, 5) is 54.3. The number of hydrogen-bond donors (Lipinski definition) is 3. The van der Waals surface area contributed by atoms with Gasteiger partial charge in [-0.3, -0.25) is 28.8 Å². The van der Waals surface area contributed by atoms with E-state index in [2.05, 4.69) is 15.2 Å². The number of aromatic nitrogens is 4. The standard InChI is InChI=1S/C23H24N6O5/c1-2-3-10-28-20(24)19(22(32)25-23(28)33)29(13-14-7-6-11-34-14)18(30)12-17-15-8-4-5-9-16(15)21(31)27-26-17/h4-9,11H,2-3,10,12-13,24H2,1H3,(H,27,31)(H,25,32,33). The van der Waals surface area contributed by atoms with Gasteiger partial charge in [0.05, 0.1) is 30.3 Å². The van der Waals surface area contributed by atoms with Gasteiger partial charge in [0.25, 0.3) is 11.1 Å². The predicted molar refractivity (Wildman–Crippen MR) is 127 cm³/mol. The quantitative estimate of drug-likeness (QED) is 0.356. The van der Waals surface area contributed by atoms with Crippen molar-refractivity contribution in [3.8, 4) is 0 Å². The minimum atomic E-state index is -0.783. The molecule has 4 aromatic rings. The van der Waals surface area contributed by atoms with Crippen LogP contribution in [0.2, 0.25) is 0 Å². The fourth-order valence-corrected chi connectivity index (χ4v) is 3.77. The number of nitrogen functional groups attached to an aromatic ring is 1. The van der Waals surface area contributed by atoms with Crippen LogP contribution < -0.4 is 27.4 Å². The molecule has 0 aliphatic heterocycles.